The number of halogens is 2. The van der Waals surface area contributed by atoms with Gasteiger partial charge in [0.1, 0.15) is 5.75 Å². The molecule has 1 N–H and O–H groups in total. The van der Waals surface area contributed by atoms with Crippen LogP contribution in [-0.2, 0) is 11.8 Å². The zero-order chi connectivity index (χ0) is 21.8. The van der Waals surface area contributed by atoms with Gasteiger partial charge < -0.3 is 14.6 Å². The molecule has 0 fully saturated rings. The first kappa shape index (κ1) is 22.5. The monoisotopic (exact) mass is 464 g/mol. The Morgan fingerprint density at radius 2 is 1.93 bits per heavy atom. The summed E-state index contributed by atoms with van der Waals surface area (Å²) < 4.78 is 7.81. The maximum Gasteiger partial charge on any atom is 0.234 e. The SMILES string of the molecule is Cc1cc(OC(C)c2nnc(SCC(=O)Nc3cc(Cl)ccc3C)n2C)ccc1Cl. The van der Waals surface area contributed by atoms with Crippen molar-refractivity contribution in [2.75, 3.05) is 11.1 Å². The van der Waals surface area contributed by atoms with E-state index in [1.165, 1.54) is 11.8 Å². The Bertz CT molecular complexity index is 1070. The summed E-state index contributed by atoms with van der Waals surface area (Å²) in [7, 11) is 1.85. The third-order valence-corrected chi connectivity index (χ3v) is 6.16. The van der Waals surface area contributed by atoms with Crippen molar-refractivity contribution in [1.29, 1.82) is 0 Å². The van der Waals surface area contributed by atoms with Crippen LogP contribution in [0.3, 0.4) is 0 Å². The molecule has 6 nitrogen and oxygen atoms in total. The predicted molar refractivity (Wildman–Crippen MR) is 122 cm³/mol. The molecule has 158 valence electrons. The van der Waals surface area contributed by atoms with Crippen LogP contribution in [0.5, 0.6) is 5.75 Å². The molecule has 0 aliphatic heterocycles. The lowest BCUT2D eigenvalue weighted by Crippen LogP contribution is -2.15. The quantitative estimate of drug-likeness (QED) is 0.460. The van der Waals surface area contributed by atoms with Crippen LogP contribution < -0.4 is 10.1 Å². The molecular formula is C21H22Cl2N4O2S. The lowest BCUT2D eigenvalue weighted by molar-refractivity contribution is -0.113. The summed E-state index contributed by atoms with van der Waals surface area (Å²) in [5.74, 6) is 1.42. The second-order valence-electron chi connectivity index (χ2n) is 6.87. The van der Waals surface area contributed by atoms with E-state index in [1.807, 2.05) is 50.6 Å². The first-order chi connectivity index (χ1) is 14.2. The third kappa shape index (κ3) is 5.47. The molecule has 9 heteroatoms. The topological polar surface area (TPSA) is 69.0 Å². The lowest BCUT2D eigenvalue weighted by atomic mass is 10.2. The smallest absolute Gasteiger partial charge is 0.234 e. The van der Waals surface area contributed by atoms with Gasteiger partial charge in [-0.05, 0) is 62.2 Å². The van der Waals surface area contributed by atoms with Crippen molar-refractivity contribution in [3.8, 4) is 5.75 Å². The summed E-state index contributed by atoms with van der Waals surface area (Å²) in [6.07, 6.45) is -0.319. The van der Waals surface area contributed by atoms with E-state index >= 15 is 0 Å². The number of nitrogens with zero attached hydrogens (tertiary/aromatic N) is 3. The summed E-state index contributed by atoms with van der Waals surface area (Å²) >= 11 is 13.4. The van der Waals surface area contributed by atoms with Crippen molar-refractivity contribution in [2.24, 2.45) is 7.05 Å². The number of hydrogen-bond donors (Lipinski definition) is 1. The van der Waals surface area contributed by atoms with Gasteiger partial charge in [-0.3, -0.25) is 4.79 Å². The molecule has 1 unspecified atom stereocenters. The Morgan fingerprint density at radius 3 is 2.67 bits per heavy atom. The van der Waals surface area contributed by atoms with Crippen LogP contribution in [0, 0.1) is 13.8 Å². The van der Waals surface area contributed by atoms with E-state index in [4.69, 9.17) is 27.9 Å². The molecule has 2 aromatic carbocycles. The number of aromatic nitrogens is 3. The largest absolute Gasteiger partial charge is 0.483 e. The highest BCUT2D eigenvalue weighted by molar-refractivity contribution is 7.99. The number of hydrogen-bond acceptors (Lipinski definition) is 5. The number of ether oxygens (including phenoxy) is 1. The maximum absolute atomic E-state index is 12.3. The number of rotatable bonds is 7. The average Bonchev–Trinajstić information content (AvgIpc) is 3.06. The van der Waals surface area contributed by atoms with Crippen molar-refractivity contribution in [3.63, 3.8) is 0 Å². The standard InChI is InChI=1S/C21H22Cl2N4O2S/c1-12-5-6-15(22)10-18(12)24-19(28)11-30-21-26-25-20(27(21)4)14(3)29-16-7-8-17(23)13(2)9-16/h5-10,14H,11H2,1-4H3,(H,24,28). The minimum atomic E-state index is -0.319. The number of thioether (sulfide) groups is 1. The van der Waals surface area contributed by atoms with E-state index in [9.17, 15) is 4.79 Å². The maximum atomic E-state index is 12.3. The zero-order valence-electron chi connectivity index (χ0n) is 17.1. The Morgan fingerprint density at radius 1 is 1.17 bits per heavy atom. The number of amides is 1. The van der Waals surface area contributed by atoms with Gasteiger partial charge in [-0.15, -0.1) is 10.2 Å². The Labute approximate surface area is 189 Å². The van der Waals surface area contributed by atoms with Crippen LogP contribution in [0.2, 0.25) is 10.0 Å². The summed E-state index contributed by atoms with van der Waals surface area (Å²) in [6.45, 7) is 5.74. The number of carbonyl (C=O) groups excluding carboxylic acids is 1. The van der Waals surface area contributed by atoms with Gasteiger partial charge in [-0.2, -0.15) is 0 Å². The van der Waals surface area contributed by atoms with Gasteiger partial charge in [0.05, 0.1) is 5.75 Å². The highest BCUT2D eigenvalue weighted by Crippen LogP contribution is 2.27. The highest BCUT2D eigenvalue weighted by Gasteiger charge is 2.18. The molecule has 0 aliphatic rings. The number of anilines is 1. The van der Waals surface area contributed by atoms with E-state index in [0.717, 1.165) is 11.1 Å². The van der Waals surface area contributed by atoms with Crippen LogP contribution in [-0.4, -0.2) is 26.4 Å². The molecule has 1 amide bonds. The lowest BCUT2D eigenvalue weighted by Gasteiger charge is -2.15. The molecule has 3 rings (SSSR count). The zero-order valence-corrected chi connectivity index (χ0v) is 19.4. The molecule has 1 atom stereocenters. The highest BCUT2D eigenvalue weighted by atomic mass is 35.5. The molecule has 3 aromatic rings. The van der Waals surface area contributed by atoms with Gasteiger partial charge in [-0.1, -0.05) is 41.0 Å². The molecule has 30 heavy (non-hydrogen) atoms. The van der Waals surface area contributed by atoms with Crippen molar-refractivity contribution >= 4 is 46.6 Å². The molecule has 0 saturated carbocycles. The Balaban J connectivity index is 1.61. The van der Waals surface area contributed by atoms with Gasteiger partial charge in [0.15, 0.2) is 17.1 Å². The molecule has 1 heterocycles. The Hall–Kier alpha value is -2.22. The predicted octanol–water partition coefficient (Wildman–Crippen LogP) is 5.61. The molecular weight excluding hydrogens is 443 g/mol. The van der Waals surface area contributed by atoms with Gasteiger partial charge in [0.25, 0.3) is 0 Å². The number of carbonyl (C=O) groups is 1. The fourth-order valence-corrected chi connectivity index (χ4v) is 3.81. The minimum absolute atomic E-state index is 0.143. The van der Waals surface area contributed by atoms with Crippen LogP contribution in [0.25, 0.3) is 0 Å². The van der Waals surface area contributed by atoms with Crippen LogP contribution in [0.15, 0.2) is 41.6 Å². The second kappa shape index (κ2) is 9.73. The van der Waals surface area contributed by atoms with Crippen LogP contribution in [0.1, 0.15) is 30.0 Å². The summed E-state index contributed by atoms with van der Waals surface area (Å²) in [4.78, 5) is 12.3. The van der Waals surface area contributed by atoms with Crippen molar-refractivity contribution in [1.82, 2.24) is 14.8 Å². The van der Waals surface area contributed by atoms with Crippen LogP contribution >= 0.6 is 35.0 Å². The fourth-order valence-electron chi connectivity index (χ4n) is 2.80. The summed E-state index contributed by atoms with van der Waals surface area (Å²) in [5, 5.41) is 13.2. The summed E-state index contributed by atoms with van der Waals surface area (Å²) in [6, 6.07) is 10.9. The second-order valence-corrected chi connectivity index (χ2v) is 8.65. The fraction of sp³-hybridized carbons (Fsp3) is 0.286. The van der Waals surface area contributed by atoms with E-state index in [1.54, 1.807) is 18.2 Å². The third-order valence-electron chi connectivity index (χ3n) is 4.48. The van der Waals surface area contributed by atoms with Gasteiger partial charge in [0, 0.05) is 22.8 Å². The number of benzene rings is 2. The van der Waals surface area contributed by atoms with E-state index in [0.29, 0.717) is 32.5 Å². The van der Waals surface area contributed by atoms with E-state index in [-0.39, 0.29) is 17.8 Å². The van der Waals surface area contributed by atoms with Crippen molar-refractivity contribution in [2.45, 2.75) is 32.0 Å². The molecule has 1 aromatic heterocycles. The average molecular weight is 465 g/mol. The van der Waals surface area contributed by atoms with Crippen molar-refractivity contribution < 1.29 is 9.53 Å². The summed E-state index contributed by atoms with van der Waals surface area (Å²) in [5.41, 5.74) is 2.59. The molecule has 0 aliphatic carbocycles. The number of nitrogens with one attached hydrogen (secondary N) is 1. The molecule has 0 bridgehead atoms. The first-order valence-corrected chi connectivity index (χ1v) is 11.0. The first-order valence-electron chi connectivity index (χ1n) is 9.25. The van der Waals surface area contributed by atoms with Crippen LogP contribution in [0.4, 0.5) is 5.69 Å². The van der Waals surface area contributed by atoms with Gasteiger partial charge in [0.2, 0.25) is 5.91 Å². The molecule has 0 spiro atoms. The van der Waals surface area contributed by atoms with E-state index < -0.39 is 0 Å². The van der Waals surface area contributed by atoms with Gasteiger partial charge >= 0.3 is 0 Å². The van der Waals surface area contributed by atoms with Crippen molar-refractivity contribution in [3.05, 3.63) is 63.4 Å². The number of aryl methyl sites for hydroxylation is 2. The minimum Gasteiger partial charge on any atom is -0.483 e. The molecule has 0 saturated heterocycles. The van der Waals surface area contributed by atoms with E-state index in [2.05, 4.69) is 15.5 Å². The normalized spacial score (nSPS) is 11.9. The van der Waals surface area contributed by atoms with Gasteiger partial charge in [-0.25, -0.2) is 0 Å². The molecule has 0 radical (unpaired) electrons. The Kier molecular flexibility index (Phi) is 7.28.